The van der Waals surface area contributed by atoms with Gasteiger partial charge in [-0.05, 0) is 41.8 Å². The van der Waals surface area contributed by atoms with Crippen molar-refractivity contribution in [1.82, 2.24) is 20.2 Å². The molecular weight excluding hydrogens is 444 g/mol. The van der Waals surface area contributed by atoms with E-state index in [1.165, 1.54) is 23.5 Å². The van der Waals surface area contributed by atoms with E-state index in [0.717, 1.165) is 38.4 Å². The second-order valence-corrected chi connectivity index (χ2v) is 8.86. The average Bonchev–Trinajstić information content (AvgIpc) is 3.28. The predicted molar refractivity (Wildman–Crippen MR) is 134 cm³/mol. The molecule has 1 fully saturated rings. The molecule has 2 aliphatic rings. The van der Waals surface area contributed by atoms with Crippen molar-refractivity contribution in [1.29, 1.82) is 0 Å². The highest BCUT2D eigenvalue weighted by Gasteiger charge is 2.38. The fourth-order valence-electron chi connectivity index (χ4n) is 4.72. The number of rotatable bonds is 8. The monoisotopic (exact) mass is 472 g/mol. The van der Waals surface area contributed by atoms with Crippen molar-refractivity contribution in [2.24, 2.45) is 4.99 Å². The normalized spacial score (nSPS) is 20.3. The molecule has 2 aliphatic heterocycles. The van der Waals surface area contributed by atoms with Crippen LogP contribution in [0.5, 0.6) is 0 Å². The molecule has 9 heteroatoms. The Morgan fingerprint density at radius 3 is 2.69 bits per heavy atom. The number of nitro benzene ring substituents is 1. The molecule has 1 unspecified atom stereocenters. The summed E-state index contributed by atoms with van der Waals surface area (Å²) in [6, 6.07) is 11.9. The Kier molecular flexibility index (Phi) is 6.63. The van der Waals surface area contributed by atoms with Crippen LogP contribution in [0.1, 0.15) is 23.6 Å². The Labute approximate surface area is 203 Å². The molecule has 5 rings (SSSR count). The molecule has 9 nitrogen and oxygen atoms in total. The summed E-state index contributed by atoms with van der Waals surface area (Å²) in [5, 5.41) is 16.0. The number of nitrogens with one attached hydrogen (secondary N) is 1. The second kappa shape index (κ2) is 9.99. The predicted octanol–water partition coefficient (Wildman–Crippen LogP) is 3.39. The second-order valence-electron chi connectivity index (χ2n) is 8.86. The van der Waals surface area contributed by atoms with Gasteiger partial charge in [0.05, 0.1) is 29.2 Å². The van der Waals surface area contributed by atoms with Crippen LogP contribution in [0.3, 0.4) is 0 Å². The third-order valence-corrected chi connectivity index (χ3v) is 6.45. The van der Waals surface area contributed by atoms with Crippen LogP contribution in [0, 0.1) is 10.1 Å². The molecule has 0 bridgehead atoms. The van der Waals surface area contributed by atoms with Gasteiger partial charge in [0.25, 0.3) is 5.69 Å². The molecule has 0 spiro atoms. The van der Waals surface area contributed by atoms with E-state index in [1.54, 1.807) is 12.3 Å². The Morgan fingerprint density at radius 2 is 1.94 bits per heavy atom. The number of aliphatic imine (C=N–C) groups is 1. The van der Waals surface area contributed by atoms with Gasteiger partial charge in [0.15, 0.2) is 5.66 Å². The Bertz CT molecular complexity index is 1280. The van der Waals surface area contributed by atoms with Crippen LogP contribution in [-0.2, 0) is 23.4 Å². The zero-order valence-corrected chi connectivity index (χ0v) is 19.7. The van der Waals surface area contributed by atoms with Gasteiger partial charge in [0, 0.05) is 43.5 Å². The summed E-state index contributed by atoms with van der Waals surface area (Å²) < 4.78 is 5.43. The van der Waals surface area contributed by atoms with Crippen LogP contribution in [0.25, 0.3) is 10.9 Å². The van der Waals surface area contributed by atoms with Gasteiger partial charge in [0.1, 0.15) is 6.33 Å². The first-order chi connectivity index (χ1) is 17.1. The van der Waals surface area contributed by atoms with Crippen LogP contribution >= 0.6 is 0 Å². The fraction of sp³-hybridized carbons (Fsp3) is 0.346. The summed E-state index contributed by atoms with van der Waals surface area (Å²) in [6.07, 6.45) is 7.53. The maximum atomic E-state index is 12.0. The summed E-state index contributed by atoms with van der Waals surface area (Å²) in [4.78, 5) is 27.0. The third kappa shape index (κ3) is 4.97. The van der Waals surface area contributed by atoms with Crippen LogP contribution < -0.4 is 5.32 Å². The van der Waals surface area contributed by atoms with E-state index in [1.807, 2.05) is 19.2 Å². The maximum absolute atomic E-state index is 12.0. The molecule has 35 heavy (non-hydrogen) atoms. The highest BCUT2D eigenvalue weighted by molar-refractivity contribution is 5.86. The number of benzene rings is 2. The summed E-state index contributed by atoms with van der Waals surface area (Å²) in [6.45, 7) is 6.99. The number of aromatic nitrogens is 2. The molecule has 1 aromatic heterocycles. The van der Waals surface area contributed by atoms with Gasteiger partial charge in [-0.25, -0.2) is 9.97 Å². The van der Waals surface area contributed by atoms with Crippen LogP contribution in [-0.4, -0.2) is 58.9 Å². The van der Waals surface area contributed by atoms with Gasteiger partial charge >= 0.3 is 0 Å². The third-order valence-electron chi connectivity index (χ3n) is 6.45. The number of allylic oxidation sites excluding steroid dienone is 1. The van der Waals surface area contributed by atoms with E-state index in [4.69, 9.17) is 9.73 Å². The SMILES string of the molecule is CCNC1(c2cc3ncncc3cc2[N+](=O)[O-])C=C(Cc2ccc(CN3CCOCC3)cc2)C=N1. The first-order valence-corrected chi connectivity index (χ1v) is 11.8. The topological polar surface area (TPSA) is 106 Å². The maximum Gasteiger partial charge on any atom is 0.277 e. The van der Waals surface area contributed by atoms with Crippen molar-refractivity contribution >= 4 is 22.8 Å². The van der Waals surface area contributed by atoms with E-state index in [-0.39, 0.29) is 10.6 Å². The molecule has 1 atom stereocenters. The summed E-state index contributed by atoms with van der Waals surface area (Å²) in [5.41, 5.74) is 3.55. The van der Waals surface area contributed by atoms with Crippen molar-refractivity contribution < 1.29 is 9.66 Å². The lowest BCUT2D eigenvalue weighted by Crippen LogP contribution is -2.38. The largest absolute Gasteiger partial charge is 0.379 e. The van der Waals surface area contributed by atoms with Gasteiger partial charge in [-0.3, -0.25) is 25.3 Å². The van der Waals surface area contributed by atoms with Crippen molar-refractivity contribution in [2.75, 3.05) is 32.8 Å². The molecule has 0 amide bonds. The van der Waals surface area contributed by atoms with E-state index in [0.29, 0.717) is 29.4 Å². The number of ether oxygens (including phenoxy) is 1. The highest BCUT2D eigenvalue weighted by Crippen LogP contribution is 2.38. The summed E-state index contributed by atoms with van der Waals surface area (Å²) in [5.74, 6) is 0. The molecule has 3 aromatic rings. The zero-order chi connectivity index (χ0) is 24.3. The molecule has 1 N–H and O–H groups in total. The van der Waals surface area contributed by atoms with Crippen LogP contribution in [0.2, 0.25) is 0 Å². The van der Waals surface area contributed by atoms with Gasteiger partial charge in [-0.2, -0.15) is 0 Å². The minimum atomic E-state index is -1.01. The van der Waals surface area contributed by atoms with E-state index in [2.05, 4.69) is 44.5 Å². The van der Waals surface area contributed by atoms with E-state index in [9.17, 15) is 10.1 Å². The Morgan fingerprint density at radius 1 is 1.17 bits per heavy atom. The number of hydrogen-bond acceptors (Lipinski definition) is 8. The number of likely N-dealkylation sites (N-methyl/N-ethyl adjacent to an activating group) is 1. The quantitative estimate of drug-likeness (QED) is 0.396. The Hall–Kier alpha value is -3.53. The number of morpholine rings is 1. The number of fused-ring (bicyclic) bond motifs is 1. The highest BCUT2D eigenvalue weighted by atomic mass is 16.6. The number of nitro groups is 1. The van der Waals surface area contributed by atoms with Crippen molar-refractivity contribution in [3.63, 3.8) is 0 Å². The van der Waals surface area contributed by atoms with Gasteiger partial charge in [-0.1, -0.05) is 31.2 Å². The molecule has 0 radical (unpaired) electrons. The molecule has 0 aliphatic carbocycles. The van der Waals surface area contributed by atoms with E-state index < -0.39 is 5.66 Å². The molecular formula is C26H28N6O3. The lowest BCUT2D eigenvalue weighted by molar-refractivity contribution is -0.385. The molecule has 1 saturated heterocycles. The molecule has 3 heterocycles. The van der Waals surface area contributed by atoms with Gasteiger partial charge < -0.3 is 4.74 Å². The first-order valence-electron chi connectivity index (χ1n) is 11.8. The minimum Gasteiger partial charge on any atom is -0.379 e. The van der Waals surface area contributed by atoms with Crippen molar-refractivity contribution in [3.05, 3.63) is 87.4 Å². The number of hydrogen-bond donors (Lipinski definition) is 1. The van der Waals surface area contributed by atoms with Crippen LogP contribution in [0.4, 0.5) is 5.69 Å². The number of nitrogens with zero attached hydrogens (tertiary/aromatic N) is 5. The van der Waals surface area contributed by atoms with E-state index >= 15 is 0 Å². The lowest BCUT2D eigenvalue weighted by atomic mass is 9.94. The van der Waals surface area contributed by atoms with Gasteiger partial charge in [-0.15, -0.1) is 0 Å². The smallest absolute Gasteiger partial charge is 0.277 e. The van der Waals surface area contributed by atoms with Gasteiger partial charge in [0.2, 0.25) is 0 Å². The van der Waals surface area contributed by atoms with Crippen LogP contribution in [0.15, 0.2) is 65.6 Å². The minimum absolute atomic E-state index is 0.00429. The Balaban J connectivity index is 1.40. The zero-order valence-electron chi connectivity index (χ0n) is 19.7. The summed E-state index contributed by atoms with van der Waals surface area (Å²) >= 11 is 0. The van der Waals surface area contributed by atoms with Crippen molar-refractivity contribution in [2.45, 2.75) is 25.6 Å². The average molecular weight is 473 g/mol. The fourth-order valence-corrected chi connectivity index (χ4v) is 4.72. The molecule has 180 valence electrons. The molecule has 2 aromatic carbocycles. The molecule has 0 saturated carbocycles. The van der Waals surface area contributed by atoms with Crippen molar-refractivity contribution in [3.8, 4) is 0 Å². The summed E-state index contributed by atoms with van der Waals surface area (Å²) in [7, 11) is 0. The standard InChI is InChI=1S/C26H28N6O3/c1-2-29-26(23-13-24-22(16-27-18-28-24)12-25(23)32(33)34)14-21(15-30-26)11-19-3-5-20(6-4-19)17-31-7-9-35-10-8-31/h3-6,12-16,18,29H,2,7-11,17H2,1H3. The lowest BCUT2D eigenvalue weighted by Gasteiger charge is -2.26. The first kappa shape index (κ1) is 23.2.